The lowest BCUT2D eigenvalue weighted by Gasteiger charge is -2.20. The molecular formula is C8H11F2O5S-. The van der Waals surface area contributed by atoms with E-state index in [1.165, 1.54) is 0 Å². The molecule has 0 heterocycles. The normalized spacial score (nSPS) is 18.7. The van der Waals surface area contributed by atoms with Gasteiger partial charge in [0.05, 0.1) is 5.92 Å². The Labute approximate surface area is 91.5 Å². The van der Waals surface area contributed by atoms with Crippen molar-refractivity contribution in [2.24, 2.45) is 5.92 Å². The predicted molar refractivity (Wildman–Crippen MR) is 47.6 cm³/mol. The van der Waals surface area contributed by atoms with Gasteiger partial charge in [-0.1, -0.05) is 12.8 Å². The van der Waals surface area contributed by atoms with E-state index < -0.39 is 33.9 Å². The number of carbonyl (C=O) groups is 1. The van der Waals surface area contributed by atoms with E-state index >= 15 is 0 Å². The van der Waals surface area contributed by atoms with E-state index in [0.29, 0.717) is 12.8 Å². The molecule has 0 aliphatic heterocycles. The van der Waals surface area contributed by atoms with Gasteiger partial charge >= 0.3 is 11.2 Å². The van der Waals surface area contributed by atoms with Crippen LogP contribution in [0.2, 0.25) is 0 Å². The zero-order valence-electron chi connectivity index (χ0n) is 8.32. The summed E-state index contributed by atoms with van der Waals surface area (Å²) in [5.74, 6) is -1.31. The number of ether oxygens (including phenoxy) is 1. The molecule has 0 radical (unpaired) electrons. The lowest BCUT2D eigenvalue weighted by Crippen LogP contribution is -2.35. The largest absolute Gasteiger partial charge is 0.743 e. The van der Waals surface area contributed by atoms with Gasteiger partial charge in [0.15, 0.2) is 16.7 Å². The molecule has 0 unspecified atom stereocenters. The van der Waals surface area contributed by atoms with Gasteiger partial charge in [0.2, 0.25) is 0 Å². The standard InChI is InChI=1S/C8H12F2O5S/c9-8(10,16(12,13)14)5-15-7(11)6-3-1-2-4-6/h6H,1-5H2,(H,12,13,14)/p-1. The lowest BCUT2D eigenvalue weighted by molar-refractivity contribution is -0.154. The summed E-state index contributed by atoms with van der Waals surface area (Å²) in [5, 5.41) is -4.55. The number of hydrogen-bond donors (Lipinski definition) is 0. The van der Waals surface area contributed by atoms with Crippen LogP contribution in [0.5, 0.6) is 0 Å². The second kappa shape index (κ2) is 4.62. The van der Waals surface area contributed by atoms with Crippen LogP contribution in [-0.2, 0) is 19.6 Å². The summed E-state index contributed by atoms with van der Waals surface area (Å²) < 4.78 is 59.6. The van der Waals surface area contributed by atoms with Crippen molar-refractivity contribution < 1.29 is 31.3 Å². The Kier molecular flexibility index (Phi) is 3.84. The van der Waals surface area contributed by atoms with Gasteiger partial charge in [-0.15, -0.1) is 0 Å². The summed E-state index contributed by atoms with van der Waals surface area (Å²) in [4.78, 5) is 11.2. The van der Waals surface area contributed by atoms with Gasteiger partial charge in [0.1, 0.15) is 0 Å². The maximum absolute atomic E-state index is 12.6. The smallest absolute Gasteiger partial charge is 0.367 e. The first-order valence-electron chi connectivity index (χ1n) is 4.74. The third kappa shape index (κ3) is 3.11. The first-order chi connectivity index (χ1) is 7.24. The Morgan fingerprint density at radius 1 is 1.38 bits per heavy atom. The minimum absolute atomic E-state index is 0.454. The quantitative estimate of drug-likeness (QED) is 0.551. The monoisotopic (exact) mass is 257 g/mol. The van der Waals surface area contributed by atoms with Crippen molar-refractivity contribution in [3.8, 4) is 0 Å². The average molecular weight is 257 g/mol. The zero-order chi connectivity index (χ0) is 12.4. The third-order valence-electron chi connectivity index (χ3n) is 2.44. The topological polar surface area (TPSA) is 83.5 Å². The average Bonchev–Trinajstić information content (AvgIpc) is 2.65. The molecule has 94 valence electrons. The van der Waals surface area contributed by atoms with Crippen molar-refractivity contribution in [3.63, 3.8) is 0 Å². The number of esters is 1. The Morgan fingerprint density at radius 2 is 1.88 bits per heavy atom. The van der Waals surface area contributed by atoms with Crippen molar-refractivity contribution in [1.29, 1.82) is 0 Å². The van der Waals surface area contributed by atoms with Crippen molar-refractivity contribution in [1.82, 2.24) is 0 Å². The predicted octanol–water partition coefficient (Wildman–Crippen LogP) is 0.858. The van der Waals surface area contributed by atoms with Crippen LogP contribution in [-0.4, -0.2) is 30.8 Å². The van der Waals surface area contributed by atoms with Gasteiger partial charge in [0, 0.05) is 0 Å². The van der Waals surface area contributed by atoms with Crippen molar-refractivity contribution in [3.05, 3.63) is 0 Å². The molecule has 1 aliphatic rings. The molecule has 0 aromatic carbocycles. The molecule has 5 nitrogen and oxygen atoms in total. The van der Waals surface area contributed by atoms with Gasteiger partial charge < -0.3 is 9.29 Å². The summed E-state index contributed by atoms with van der Waals surface area (Å²) in [6, 6.07) is 0. The van der Waals surface area contributed by atoms with Crippen LogP contribution in [0, 0.1) is 5.92 Å². The molecule has 0 amide bonds. The van der Waals surface area contributed by atoms with E-state index in [4.69, 9.17) is 0 Å². The minimum atomic E-state index is -5.78. The molecule has 1 aliphatic carbocycles. The van der Waals surface area contributed by atoms with E-state index in [1.807, 2.05) is 0 Å². The van der Waals surface area contributed by atoms with Crippen LogP contribution in [0.25, 0.3) is 0 Å². The Balaban J connectivity index is 2.48. The molecule has 1 fully saturated rings. The molecule has 1 rings (SSSR count). The van der Waals surface area contributed by atoms with E-state index in [0.717, 1.165) is 12.8 Å². The molecule has 0 aromatic heterocycles. The second-order valence-corrected chi connectivity index (χ2v) is 5.19. The first-order valence-corrected chi connectivity index (χ1v) is 6.15. The molecule has 16 heavy (non-hydrogen) atoms. The van der Waals surface area contributed by atoms with Crippen molar-refractivity contribution >= 4 is 16.1 Å². The number of halogens is 2. The molecule has 8 heteroatoms. The highest BCUT2D eigenvalue weighted by molar-refractivity contribution is 7.86. The third-order valence-corrected chi connectivity index (χ3v) is 3.29. The Hall–Kier alpha value is -0.760. The van der Waals surface area contributed by atoms with Crippen LogP contribution in [0.3, 0.4) is 0 Å². The van der Waals surface area contributed by atoms with Crippen LogP contribution in [0.4, 0.5) is 8.78 Å². The molecule has 0 bridgehead atoms. The number of alkyl halides is 2. The molecule has 0 spiro atoms. The van der Waals surface area contributed by atoms with Crippen LogP contribution >= 0.6 is 0 Å². The van der Waals surface area contributed by atoms with Gasteiger partial charge in [-0.3, -0.25) is 4.79 Å². The molecular weight excluding hydrogens is 246 g/mol. The van der Waals surface area contributed by atoms with E-state index in [9.17, 15) is 26.5 Å². The summed E-state index contributed by atoms with van der Waals surface area (Å²) in [6.07, 6.45) is 2.73. The summed E-state index contributed by atoms with van der Waals surface area (Å²) in [7, 11) is -5.78. The maximum atomic E-state index is 12.6. The summed E-state index contributed by atoms with van der Waals surface area (Å²) in [6.45, 7) is -1.70. The fraction of sp³-hybridized carbons (Fsp3) is 0.875. The number of hydrogen-bond acceptors (Lipinski definition) is 5. The lowest BCUT2D eigenvalue weighted by atomic mass is 10.1. The maximum Gasteiger partial charge on any atom is 0.367 e. The van der Waals surface area contributed by atoms with Gasteiger partial charge in [-0.05, 0) is 12.8 Å². The fourth-order valence-electron chi connectivity index (χ4n) is 1.51. The number of rotatable bonds is 4. The molecule has 0 aromatic rings. The molecule has 0 saturated heterocycles. The molecule has 0 N–H and O–H groups in total. The Bertz CT molecular complexity index is 359. The van der Waals surface area contributed by atoms with E-state index in [1.54, 1.807) is 0 Å². The van der Waals surface area contributed by atoms with Crippen LogP contribution in [0.1, 0.15) is 25.7 Å². The van der Waals surface area contributed by atoms with Crippen LogP contribution in [0.15, 0.2) is 0 Å². The first kappa shape index (κ1) is 13.3. The summed E-state index contributed by atoms with van der Waals surface area (Å²) >= 11 is 0. The zero-order valence-corrected chi connectivity index (χ0v) is 9.13. The fourth-order valence-corrected chi connectivity index (χ4v) is 1.71. The van der Waals surface area contributed by atoms with Gasteiger partial charge in [0.25, 0.3) is 0 Å². The van der Waals surface area contributed by atoms with Crippen LogP contribution < -0.4 is 0 Å². The molecule has 0 atom stereocenters. The SMILES string of the molecule is O=C(OCC(F)(F)S(=O)(=O)[O-])C1CCCC1. The highest BCUT2D eigenvalue weighted by Gasteiger charge is 2.40. The van der Waals surface area contributed by atoms with E-state index in [2.05, 4.69) is 4.74 Å². The summed E-state index contributed by atoms with van der Waals surface area (Å²) in [5.41, 5.74) is 0. The van der Waals surface area contributed by atoms with Crippen molar-refractivity contribution in [2.45, 2.75) is 30.9 Å². The highest BCUT2D eigenvalue weighted by atomic mass is 32.2. The minimum Gasteiger partial charge on any atom is -0.743 e. The highest BCUT2D eigenvalue weighted by Crippen LogP contribution is 2.27. The second-order valence-electron chi connectivity index (χ2n) is 3.68. The molecule has 1 saturated carbocycles. The number of carbonyl (C=O) groups excluding carboxylic acids is 1. The van der Waals surface area contributed by atoms with Gasteiger partial charge in [-0.25, -0.2) is 8.42 Å². The Morgan fingerprint density at radius 3 is 2.31 bits per heavy atom. The van der Waals surface area contributed by atoms with Gasteiger partial charge in [-0.2, -0.15) is 8.78 Å². The van der Waals surface area contributed by atoms with E-state index in [-0.39, 0.29) is 0 Å². The van der Waals surface area contributed by atoms with Crippen molar-refractivity contribution in [2.75, 3.05) is 6.61 Å².